The van der Waals surface area contributed by atoms with Gasteiger partial charge in [-0.2, -0.15) is 5.26 Å². The minimum Gasteiger partial charge on any atom is -0.480 e. The van der Waals surface area contributed by atoms with Crippen LogP contribution in [0.5, 0.6) is 0 Å². The number of carboxylic acid groups (broad SMARTS) is 1. The number of benzene rings is 2. The Morgan fingerprint density at radius 1 is 1.06 bits per heavy atom. The van der Waals surface area contributed by atoms with E-state index < -0.39 is 36.5 Å². The largest absolute Gasteiger partial charge is 0.480 e. The summed E-state index contributed by atoms with van der Waals surface area (Å²) in [7, 11) is 0. The average Bonchev–Trinajstić information content (AvgIpc) is 2.76. The molecule has 2 atom stereocenters. The molecule has 0 aliphatic carbocycles. The van der Waals surface area contributed by atoms with Gasteiger partial charge in [0.15, 0.2) is 0 Å². The van der Waals surface area contributed by atoms with Crippen LogP contribution in [0.25, 0.3) is 0 Å². The summed E-state index contributed by atoms with van der Waals surface area (Å²) in [4.78, 5) is 35.3. The van der Waals surface area contributed by atoms with Crippen molar-refractivity contribution >= 4 is 18.0 Å². The normalized spacial score (nSPS) is 12.1. The van der Waals surface area contributed by atoms with Crippen molar-refractivity contribution < 1.29 is 29.3 Å². The van der Waals surface area contributed by atoms with Gasteiger partial charge in [-0.3, -0.25) is 4.79 Å². The van der Waals surface area contributed by atoms with E-state index in [2.05, 4.69) is 10.6 Å². The van der Waals surface area contributed by atoms with Crippen molar-refractivity contribution in [3.8, 4) is 6.07 Å². The van der Waals surface area contributed by atoms with Crippen LogP contribution >= 0.6 is 0 Å². The molecule has 2 aromatic rings. The number of nitrogens with zero attached hydrogens (tertiary/aromatic N) is 1. The summed E-state index contributed by atoms with van der Waals surface area (Å²) >= 11 is 0. The Balaban J connectivity index is 1.76. The molecule has 0 heterocycles. The fourth-order valence-corrected chi connectivity index (χ4v) is 2.72. The van der Waals surface area contributed by atoms with Gasteiger partial charge in [0, 0.05) is 13.0 Å². The Hall–Kier alpha value is -3.90. The third kappa shape index (κ3) is 8.55. The number of nitriles is 1. The van der Waals surface area contributed by atoms with E-state index in [9.17, 15) is 24.6 Å². The summed E-state index contributed by atoms with van der Waals surface area (Å²) in [6.45, 7) is -0.167. The quantitative estimate of drug-likeness (QED) is 0.449. The number of aliphatic carboxylic acids is 1. The highest BCUT2D eigenvalue weighted by Crippen LogP contribution is 2.08. The number of hydrogen-bond donors (Lipinski definition) is 4. The number of carbonyl (C=O) groups excluding carboxylic acids is 2. The Morgan fingerprint density at radius 2 is 1.77 bits per heavy atom. The summed E-state index contributed by atoms with van der Waals surface area (Å²) in [5, 5.41) is 32.9. The van der Waals surface area contributed by atoms with Crippen LogP contribution in [0.1, 0.15) is 23.1 Å². The van der Waals surface area contributed by atoms with Crippen molar-refractivity contribution in [3.63, 3.8) is 0 Å². The molecule has 31 heavy (non-hydrogen) atoms. The van der Waals surface area contributed by atoms with Crippen molar-refractivity contribution in [1.29, 1.82) is 5.26 Å². The van der Waals surface area contributed by atoms with E-state index in [0.717, 1.165) is 5.56 Å². The van der Waals surface area contributed by atoms with Crippen LogP contribution in [-0.4, -0.2) is 46.9 Å². The van der Waals surface area contributed by atoms with Crippen LogP contribution in [0.4, 0.5) is 4.79 Å². The number of ether oxygens (including phenoxy) is 1. The monoisotopic (exact) mass is 425 g/mol. The molecule has 2 amide bonds. The lowest BCUT2D eigenvalue weighted by molar-refractivity contribution is -0.142. The van der Waals surface area contributed by atoms with Crippen molar-refractivity contribution in [2.45, 2.75) is 31.6 Å². The zero-order valence-corrected chi connectivity index (χ0v) is 16.7. The molecule has 0 bridgehead atoms. The fraction of sp³-hybridized carbons (Fsp3) is 0.273. The molecule has 0 aliphatic heterocycles. The lowest BCUT2D eigenvalue weighted by atomic mass is 10.0. The lowest BCUT2D eigenvalue weighted by Gasteiger charge is -2.17. The standard InChI is InChI=1S/C22H23N3O6/c23-12-17-8-4-7-16(9-17)10-19(21(28)29)25-20(27)11-18(26)13-24-22(30)31-14-15-5-2-1-3-6-15/h1-9,18-19,26H,10-11,13-14H2,(H,24,30)(H,25,27)(H,28,29)/t18-,19+/m0/s1. The summed E-state index contributed by atoms with van der Waals surface area (Å²) in [5.74, 6) is -1.93. The maximum atomic E-state index is 12.1. The van der Waals surface area contributed by atoms with Gasteiger partial charge in [0.05, 0.1) is 24.2 Å². The smallest absolute Gasteiger partial charge is 0.407 e. The minimum absolute atomic E-state index is 0.0171. The molecule has 0 saturated heterocycles. The highest BCUT2D eigenvalue weighted by atomic mass is 16.5. The number of nitrogens with one attached hydrogen (secondary N) is 2. The van der Waals surface area contributed by atoms with E-state index in [1.807, 2.05) is 24.3 Å². The van der Waals surface area contributed by atoms with Gasteiger partial charge in [-0.15, -0.1) is 0 Å². The van der Waals surface area contributed by atoms with Crippen LogP contribution < -0.4 is 10.6 Å². The summed E-state index contributed by atoms with van der Waals surface area (Å²) in [6.07, 6.45) is -2.39. The molecule has 9 heteroatoms. The zero-order valence-electron chi connectivity index (χ0n) is 16.7. The molecule has 2 aromatic carbocycles. The summed E-state index contributed by atoms with van der Waals surface area (Å²) in [6, 6.07) is 16.2. The molecule has 0 spiro atoms. The van der Waals surface area contributed by atoms with Gasteiger partial charge in [0.2, 0.25) is 5.91 Å². The number of alkyl carbamates (subject to hydrolysis) is 1. The van der Waals surface area contributed by atoms with E-state index in [4.69, 9.17) is 10.00 Å². The topological polar surface area (TPSA) is 149 Å². The van der Waals surface area contributed by atoms with E-state index in [1.165, 1.54) is 0 Å². The van der Waals surface area contributed by atoms with E-state index in [1.54, 1.807) is 36.4 Å². The Morgan fingerprint density at radius 3 is 2.45 bits per heavy atom. The molecule has 0 saturated carbocycles. The van der Waals surface area contributed by atoms with Gasteiger partial charge < -0.3 is 25.6 Å². The summed E-state index contributed by atoms with van der Waals surface area (Å²) < 4.78 is 5.00. The molecule has 2 rings (SSSR count). The van der Waals surface area contributed by atoms with E-state index >= 15 is 0 Å². The maximum Gasteiger partial charge on any atom is 0.407 e. The molecule has 0 radical (unpaired) electrons. The Labute approximate surface area is 179 Å². The molecule has 4 N–H and O–H groups in total. The van der Waals surface area contributed by atoms with Gasteiger partial charge in [0.1, 0.15) is 12.6 Å². The Bertz CT molecular complexity index is 942. The highest BCUT2D eigenvalue weighted by Gasteiger charge is 2.22. The predicted octanol–water partition coefficient (Wildman–Crippen LogP) is 1.35. The van der Waals surface area contributed by atoms with Crippen molar-refractivity contribution in [2.24, 2.45) is 0 Å². The van der Waals surface area contributed by atoms with Crippen molar-refractivity contribution in [1.82, 2.24) is 10.6 Å². The first-order valence-corrected chi connectivity index (χ1v) is 9.51. The maximum absolute atomic E-state index is 12.1. The van der Waals surface area contributed by atoms with Gasteiger partial charge in [-0.05, 0) is 23.3 Å². The first-order valence-electron chi connectivity index (χ1n) is 9.51. The number of aliphatic hydroxyl groups excluding tert-OH is 1. The van der Waals surface area contributed by atoms with Gasteiger partial charge in [-0.1, -0.05) is 42.5 Å². The first-order chi connectivity index (χ1) is 14.9. The van der Waals surface area contributed by atoms with Gasteiger partial charge in [-0.25, -0.2) is 9.59 Å². The number of amides is 2. The molecule has 0 aromatic heterocycles. The second-order valence-corrected chi connectivity index (χ2v) is 6.78. The lowest BCUT2D eigenvalue weighted by Crippen LogP contribution is -2.44. The molecular formula is C22H23N3O6. The van der Waals surface area contributed by atoms with Crippen LogP contribution in [0, 0.1) is 11.3 Å². The second-order valence-electron chi connectivity index (χ2n) is 6.78. The van der Waals surface area contributed by atoms with Crippen LogP contribution in [0.15, 0.2) is 54.6 Å². The van der Waals surface area contributed by atoms with Crippen LogP contribution in [0.2, 0.25) is 0 Å². The summed E-state index contributed by atoms with van der Waals surface area (Å²) in [5.41, 5.74) is 1.77. The van der Waals surface area contributed by atoms with Crippen LogP contribution in [-0.2, 0) is 27.4 Å². The van der Waals surface area contributed by atoms with Crippen molar-refractivity contribution in [3.05, 3.63) is 71.3 Å². The van der Waals surface area contributed by atoms with Crippen LogP contribution in [0.3, 0.4) is 0 Å². The molecule has 0 unspecified atom stereocenters. The SMILES string of the molecule is N#Cc1cccc(C[C@@H](NC(=O)C[C@H](O)CNC(=O)OCc2ccccc2)C(=O)O)c1. The highest BCUT2D eigenvalue weighted by molar-refractivity contribution is 5.84. The Kier molecular flexibility index (Phi) is 9.01. The van der Waals surface area contributed by atoms with Crippen molar-refractivity contribution in [2.75, 3.05) is 6.54 Å². The number of hydrogen-bond acceptors (Lipinski definition) is 6. The third-order valence-corrected chi connectivity index (χ3v) is 4.25. The molecule has 0 aliphatic rings. The minimum atomic E-state index is -1.24. The number of rotatable bonds is 10. The zero-order chi connectivity index (χ0) is 22.6. The fourth-order valence-electron chi connectivity index (χ4n) is 2.72. The average molecular weight is 425 g/mol. The van der Waals surface area contributed by atoms with E-state index in [0.29, 0.717) is 11.1 Å². The molecule has 162 valence electrons. The van der Waals surface area contributed by atoms with E-state index in [-0.39, 0.29) is 19.6 Å². The first kappa shape index (κ1) is 23.4. The molecular weight excluding hydrogens is 402 g/mol. The number of carbonyl (C=O) groups is 3. The third-order valence-electron chi connectivity index (χ3n) is 4.25. The second kappa shape index (κ2) is 11.9. The predicted molar refractivity (Wildman–Crippen MR) is 110 cm³/mol. The van der Waals surface area contributed by atoms with Gasteiger partial charge >= 0.3 is 12.1 Å². The molecule has 9 nitrogen and oxygen atoms in total. The number of carboxylic acids is 1. The molecule has 0 fully saturated rings. The van der Waals surface area contributed by atoms with Gasteiger partial charge in [0.25, 0.3) is 0 Å². The number of aliphatic hydroxyl groups is 1.